The summed E-state index contributed by atoms with van der Waals surface area (Å²) in [5, 5.41) is 10.6. The van der Waals surface area contributed by atoms with Crippen LogP contribution in [0.2, 0.25) is 0 Å². The molecule has 4 heteroatoms. The van der Waals surface area contributed by atoms with Crippen LogP contribution in [-0.2, 0) is 4.74 Å². The van der Waals surface area contributed by atoms with Crippen molar-refractivity contribution < 1.29 is 9.84 Å². The van der Waals surface area contributed by atoms with Gasteiger partial charge >= 0.3 is 0 Å². The minimum Gasteiger partial charge on any atom is -0.388 e. The van der Waals surface area contributed by atoms with Crippen molar-refractivity contribution >= 4 is 0 Å². The quantitative estimate of drug-likeness (QED) is 0.819. The Balaban J connectivity index is 1.91. The van der Waals surface area contributed by atoms with Crippen LogP contribution >= 0.6 is 0 Å². The first-order chi connectivity index (χ1) is 8.26. The highest BCUT2D eigenvalue weighted by Crippen LogP contribution is 2.53. The maximum atomic E-state index is 10.6. The lowest BCUT2D eigenvalue weighted by atomic mass is 9.68. The third-order valence-corrected chi connectivity index (χ3v) is 4.30. The van der Waals surface area contributed by atoms with E-state index >= 15 is 0 Å². The molecule has 4 unspecified atom stereocenters. The standard InChI is InChI=1S/C13H18N2O2/c14-8-13(7-10-1-2-11(13)17-10)12(16)9-3-5-15-6-4-9/h3-6,10-12,16H,1-2,7-8,14H2. The van der Waals surface area contributed by atoms with Crippen molar-refractivity contribution in [2.45, 2.75) is 37.6 Å². The first-order valence-electron chi connectivity index (χ1n) is 6.20. The molecule has 17 heavy (non-hydrogen) atoms. The molecule has 2 aliphatic rings. The van der Waals surface area contributed by atoms with E-state index in [1.165, 1.54) is 0 Å². The number of nitrogens with two attached hydrogens (primary N) is 1. The van der Waals surface area contributed by atoms with E-state index < -0.39 is 6.10 Å². The number of rotatable bonds is 3. The molecule has 4 atom stereocenters. The van der Waals surface area contributed by atoms with Crippen LogP contribution in [0, 0.1) is 5.41 Å². The van der Waals surface area contributed by atoms with E-state index in [4.69, 9.17) is 10.5 Å². The van der Waals surface area contributed by atoms with E-state index in [-0.39, 0.29) is 11.5 Å². The van der Waals surface area contributed by atoms with Crippen LogP contribution in [0.15, 0.2) is 24.5 Å². The van der Waals surface area contributed by atoms with Gasteiger partial charge in [-0.05, 0) is 37.0 Å². The van der Waals surface area contributed by atoms with Crippen molar-refractivity contribution in [1.29, 1.82) is 0 Å². The number of hydrogen-bond acceptors (Lipinski definition) is 4. The monoisotopic (exact) mass is 234 g/mol. The number of hydrogen-bond donors (Lipinski definition) is 2. The second kappa shape index (κ2) is 4.05. The van der Waals surface area contributed by atoms with Crippen molar-refractivity contribution in [3.05, 3.63) is 30.1 Å². The average molecular weight is 234 g/mol. The molecule has 0 spiro atoms. The lowest BCUT2D eigenvalue weighted by molar-refractivity contribution is -0.0264. The summed E-state index contributed by atoms with van der Waals surface area (Å²) in [5.74, 6) is 0. The van der Waals surface area contributed by atoms with Crippen molar-refractivity contribution in [1.82, 2.24) is 4.98 Å². The highest BCUT2D eigenvalue weighted by molar-refractivity contribution is 5.20. The number of fused-ring (bicyclic) bond motifs is 2. The van der Waals surface area contributed by atoms with Crippen LogP contribution in [0.25, 0.3) is 0 Å². The van der Waals surface area contributed by atoms with Crippen LogP contribution < -0.4 is 5.73 Å². The molecule has 0 saturated carbocycles. The van der Waals surface area contributed by atoms with Crippen LogP contribution in [0.4, 0.5) is 0 Å². The second-order valence-corrected chi connectivity index (χ2v) is 5.15. The summed E-state index contributed by atoms with van der Waals surface area (Å²) in [6.07, 6.45) is 6.26. The first kappa shape index (κ1) is 11.1. The fourth-order valence-corrected chi connectivity index (χ4v) is 3.33. The van der Waals surface area contributed by atoms with Gasteiger partial charge in [-0.15, -0.1) is 0 Å². The molecule has 0 aliphatic carbocycles. The van der Waals surface area contributed by atoms with Gasteiger partial charge in [0.2, 0.25) is 0 Å². The SMILES string of the molecule is NCC1(C(O)c2ccncc2)CC2CCC1O2. The Morgan fingerprint density at radius 3 is 2.76 bits per heavy atom. The Morgan fingerprint density at radius 2 is 2.24 bits per heavy atom. The van der Waals surface area contributed by atoms with Gasteiger partial charge < -0.3 is 15.6 Å². The number of ether oxygens (including phenoxy) is 1. The van der Waals surface area contributed by atoms with E-state index in [2.05, 4.69) is 4.98 Å². The Bertz CT molecular complexity index is 398. The van der Waals surface area contributed by atoms with Crippen LogP contribution in [0.5, 0.6) is 0 Å². The Morgan fingerprint density at radius 1 is 1.47 bits per heavy atom. The summed E-state index contributed by atoms with van der Waals surface area (Å²) in [5.41, 5.74) is 6.53. The average Bonchev–Trinajstić information content (AvgIpc) is 2.99. The van der Waals surface area contributed by atoms with Crippen LogP contribution in [0.3, 0.4) is 0 Å². The maximum Gasteiger partial charge on any atom is 0.0885 e. The molecular formula is C13H18N2O2. The minimum absolute atomic E-state index is 0.112. The largest absolute Gasteiger partial charge is 0.388 e. The molecule has 2 aliphatic heterocycles. The topological polar surface area (TPSA) is 68.4 Å². The van der Waals surface area contributed by atoms with Gasteiger partial charge in [0, 0.05) is 24.4 Å². The summed E-state index contributed by atoms with van der Waals surface area (Å²) in [7, 11) is 0. The molecule has 3 N–H and O–H groups in total. The van der Waals surface area contributed by atoms with Gasteiger partial charge in [-0.1, -0.05) is 0 Å². The van der Waals surface area contributed by atoms with E-state index in [0.29, 0.717) is 12.6 Å². The minimum atomic E-state index is -0.550. The third-order valence-electron chi connectivity index (χ3n) is 4.30. The molecule has 92 valence electrons. The van der Waals surface area contributed by atoms with Gasteiger partial charge in [0.15, 0.2) is 0 Å². The summed E-state index contributed by atoms with van der Waals surface area (Å²) in [6.45, 7) is 0.470. The normalized spacial score (nSPS) is 37.3. The zero-order chi connectivity index (χ0) is 11.9. The number of aromatic nitrogens is 1. The molecule has 0 radical (unpaired) electrons. The molecular weight excluding hydrogens is 216 g/mol. The van der Waals surface area contributed by atoms with E-state index in [1.54, 1.807) is 12.4 Å². The Kier molecular flexibility index (Phi) is 2.65. The van der Waals surface area contributed by atoms with Gasteiger partial charge in [-0.25, -0.2) is 0 Å². The summed E-state index contributed by atoms with van der Waals surface area (Å²) >= 11 is 0. The van der Waals surface area contributed by atoms with Crippen molar-refractivity contribution in [3.63, 3.8) is 0 Å². The number of pyridine rings is 1. The molecule has 3 rings (SSSR count). The predicted octanol–water partition coefficient (Wildman–Crippen LogP) is 1.01. The van der Waals surface area contributed by atoms with Gasteiger partial charge in [-0.2, -0.15) is 0 Å². The summed E-state index contributed by atoms with van der Waals surface area (Å²) in [4.78, 5) is 3.98. The van der Waals surface area contributed by atoms with Crippen molar-refractivity contribution in [2.75, 3.05) is 6.54 Å². The van der Waals surface area contributed by atoms with E-state index in [1.807, 2.05) is 12.1 Å². The fourth-order valence-electron chi connectivity index (χ4n) is 3.33. The summed E-state index contributed by atoms with van der Waals surface area (Å²) in [6, 6.07) is 3.71. The molecule has 2 bridgehead atoms. The molecule has 3 heterocycles. The van der Waals surface area contributed by atoms with Crippen molar-refractivity contribution in [3.8, 4) is 0 Å². The first-order valence-corrected chi connectivity index (χ1v) is 6.20. The summed E-state index contributed by atoms with van der Waals surface area (Å²) < 4.78 is 5.87. The zero-order valence-corrected chi connectivity index (χ0v) is 9.75. The van der Waals surface area contributed by atoms with Crippen LogP contribution in [-0.4, -0.2) is 28.8 Å². The third kappa shape index (κ3) is 1.59. The lowest BCUT2D eigenvalue weighted by Gasteiger charge is -2.38. The Hall–Kier alpha value is -0.970. The van der Waals surface area contributed by atoms with E-state index in [0.717, 1.165) is 24.8 Å². The highest BCUT2D eigenvalue weighted by Gasteiger charge is 2.55. The molecule has 4 nitrogen and oxygen atoms in total. The molecule has 2 fully saturated rings. The molecule has 1 aromatic heterocycles. The van der Waals surface area contributed by atoms with Gasteiger partial charge in [-0.3, -0.25) is 4.98 Å². The smallest absolute Gasteiger partial charge is 0.0885 e. The predicted molar refractivity (Wildman–Crippen MR) is 63.2 cm³/mol. The molecule has 1 aromatic rings. The molecule has 0 amide bonds. The van der Waals surface area contributed by atoms with E-state index in [9.17, 15) is 5.11 Å². The zero-order valence-electron chi connectivity index (χ0n) is 9.75. The van der Waals surface area contributed by atoms with Gasteiger partial charge in [0.05, 0.1) is 18.3 Å². The van der Waals surface area contributed by atoms with Crippen molar-refractivity contribution in [2.24, 2.45) is 11.1 Å². The lowest BCUT2D eigenvalue weighted by Crippen LogP contribution is -2.44. The van der Waals surface area contributed by atoms with Gasteiger partial charge in [0.25, 0.3) is 0 Å². The number of aliphatic hydroxyl groups excluding tert-OH is 1. The number of aliphatic hydroxyl groups is 1. The second-order valence-electron chi connectivity index (χ2n) is 5.15. The molecule has 2 saturated heterocycles. The van der Waals surface area contributed by atoms with Gasteiger partial charge in [0.1, 0.15) is 0 Å². The Labute approximate surface area is 101 Å². The van der Waals surface area contributed by atoms with Crippen LogP contribution in [0.1, 0.15) is 30.9 Å². The fraction of sp³-hybridized carbons (Fsp3) is 0.615. The number of nitrogens with zero attached hydrogens (tertiary/aromatic N) is 1. The molecule has 0 aromatic carbocycles. The highest BCUT2D eigenvalue weighted by atomic mass is 16.5. The maximum absolute atomic E-state index is 10.6.